The highest BCUT2D eigenvalue weighted by atomic mass is 35.5. The quantitative estimate of drug-likeness (QED) is 0.770. The topological polar surface area (TPSA) is 77.4 Å². The minimum atomic E-state index is 0.250. The normalized spacial score (nSPS) is 10.3. The Morgan fingerprint density at radius 3 is 2.71 bits per heavy atom. The van der Waals surface area contributed by atoms with Crippen molar-refractivity contribution in [3.8, 4) is 17.3 Å². The molecule has 1 aromatic carbocycles. The van der Waals surface area contributed by atoms with Gasteiger partial charge >= 0.3 is 0 Å². The predicted octanol–water partition coefficient (Wildman–Crippen LogP) is 3.67. The second kappa shape index (κ2) is 5.95. The number of anilines is 1. The predicted molar refractivity (Wildman–Crippen MR) is 83.2 cm³/mol. The largest absolute Gasteiger partial charge is 0.357 e. The molecule has 21 heavy (non-hydrogen) atoms. The van der Waals surface area contributed by atoms with E-state index in [2.05, 4.69) is 20.5 Å². The highest BCUT2D eigenvalue weighted by Crippen LogP contribution is 2.26. The van der Waals surface area contributed by atoms with E-state index in [1.807, 2.05) is 36.4 Å². The summed E-state index contributed by atoms with van der Waals surface area (Å²) in [4.78, 5) is 4.52. The SMILES string of the molecule is N#Cc1sc(NCc2ccc(-c3ccn[nH]3)cc2)nc1Cl. The fourth-order valence-electron chi connectivity index (χ4n) is 1.84. The van der Waals surface area contributed by atoms with E-state index in [0.29, 0.717) is 16.6 Å². The van der Waals surface area contributed by atoms with Gasteiger partial charge in [0, 0.05) is 12.7 Å². The van der Waals surface area contributed by atoms with Crippen molar-refractivity contribution in [2.24, 2.45) is 0 Å². The summed E-state index contributed by atoms with van der Waals surface area (Å²) in [6, 6.07) is 12.1. The molecule has 0 unspecified atom stereocenters. The molecular weight excluding hydrogens is 306 g/mol. The second-order valence-corrected chi connectivity index (χ2v) is 5.63. The summed E-state index contributed by atoms with van der Waals surface area (Å²) in [7, 11) is 0. The first-order valence-corrected chi connectivity index (χ1v) is 7.34. The molecule has 0 atom stereocenters. The smallest absolute Gasteiger partial charge is 0.185 e. The molecule has 0 bridgehead atoms. The van der Waals surface area contributed by atoms with E-state index in [0.717, 1.165) is 16.8 Å². The third kappa shape index (κ3) is 3.05. The first-order valence-electron chi connectivity index (χ1n) is 6.15. The molecule has 0 fully saturated rings. The standard InChI is InChI=1S/C14H10ClN5S/c15-13-12(7-16)21-14(19-13)17-8-9-1-3-10(4-2-9)11-5-6-18-20-11/h1-6H,8H2,(H,17,19)(H,18,20). The van der Waals surface area contributed by atoms with Crippen LogP contribution in [0.2, 0.25) is 5.15 Å². The maximum absolute atomic E-state index is 8.84. The van der Waals surface area contributed by atoms with Crippen LogP contribution in [-0.2, 0) is 6.54 Å². The van der Waals surface area contributed by atoms with Crippen LogP contribution in [0.3, 0.4) is 0 Å². The summed E-state index contributed by atoms with van der Waals surface area (Å²) in [5.41, 5.74) is 3.18. The van der Waals surface area contributed by atoms with Crippen LogP contribution in [0.15, 0.2) is 36.5 Å². The lowest BCUT2D eigenvalue weighted by Gasteiger charge is -2.04. The molecule has 7 heteroatoms. The van der Waals surface area contributed by atoms with Gasteiger partial charge in [0.25, 0.3) is 0 Å². The molecule has 2 aromatic heterocycles. The van der Waals surface area contributed by atoms with E-state index < -0.39 is 0 Å². The number of nitriles is 1. The maximum Gasteiger partial charge on any atom is 0.185 e. The highest BCUT2D eigenvalue weighted by molar-refractivity contribution is 7.16. The molecule has 0 radical (unpaired) electrons. The molecule has 2 heterocycles. The van der Waals surface area contributed by atoms with Gasteiger partial charge in [-0.3, -0.25) is 5.10 Å². The average molecular weight is 316 g/mol. The number of rotatable bonds is 4. The number of H-pyrrole nitrogens is 1. The summed E-state index contributed by atoms with van der Waals surface area (Å²) in [5.74, 6) is 0. The van der Waals surface area contributed by atoms with Gasteiger partial charge in [-0.1, -0.05) is 47.2 Å². The Morgan fingerprint density at radius 2 is 2.10 bits per heavy atom. The second-order valence-electron chi connectivity index (χ2n) is 4.27. The lowest BCUT2D eigenvalue weighted by molar-refractivity contribution is 1.09. The van der Waals surface area contributed by atoms with Crippen LogP contribution in [0, 0.1) is 11.3 Å². The highest BCUT2D eigenvalue weighted by Gasteiger charge is 2.08. The van der Waals surface area contributed by atoms with Crippen molar-refractivity contribution in [3.63, 3.8) is 0 Å². The van der Waals surface area contributed by atoms with Crippen LogP contribution < -0.4 is 5.32 Å². The Hall–Kier alpha value is -2.36. The van der Waals surface area contributed by atoms with Crippen molar-refractivity contribution < 1.29 is 0 Å². The maximum atomic E-state index is 8.84. The van der Waals surface area contributed by atoms with Crippen molar-refractivity contribution >= 4 is 28.1 Å². The van der Waals surface area contributed by atoms with E-state index in [1.54, 1.807) is 6.20 Å². The summed E-state index contributed by atoms with van der Waals surface area (Å²) in [6.07, 6.45) is 1.73. The van der Waals surface area contributed by atoms with Gasteiger partial charge in [-0.2, -0.15) is 10.4 Å². The molecule has 5 nitrogen and oxygen atoms in total. The van der Waals surface area contributed by atoms with Gasteiger partial charge in [-0.05, 0) is 17.2 Å². The van der Waals surface area contributed by atoms with Crippen LogP contribution in [0.25, 0.3) is 11.3 Å². The lowest BCUT2D eigenvalue weighted by atomic mass is 10.1. The third-order valence-electron chi connectivity index (χ3n) is 2.90. The first kappa shape index (κ1) is 13.6. The van der Waals surface area contributed by atoms with Crippen molar-refractivity contribution in [1.82, 2.24) is 15.2 Å². The van der Waals surface area contributed by atoms with Gasteiger partial charge in [0.2, 0.25) is 0 Å². The number of thiazole rings is 1. The Bertz CT molecular complexity index is 771. The van der Waals surface area contributed by atoms with Gasteiger partial charge in [0.05, 0.1) is 5.69 Å². The molecule has 0 saturated heterocycles. The zero-order chi connectivity index (χ0) is 14.7. The van der Waals surface area contributed by atoms with Crippen molar-refractivity contribution in [2.45, 2.75) is 6.54 Å². The summed E-state index contributed by atoms with van der Waals surface area (Å²) >= 11 is 7.08. The van der Waals surface area contributed by atoms with Gasteiger partial charge in [-0.25, -0.2) is 4.98 Å². The number of nitrogens with one attached hydrogen (secondary N) is 2. The molecule has 3 aromatic rings. The fraction of sp³-hybridized carbons (Fsp3) is 0.0714. The van der Waals surface area contributed by atoms with E-state index in [1.165, 1.54) is 11.3 Å². The van der Waals surface area contributed by atoms with Gasteiger partial charge in [0.15, 0.2) is 10.3 Å². The van der Waals surface area contributed by atoms with Crippen molar-refractivity contribution in [2.75, 3.05) is 5.32 Å². The lowest BCUT2D eigenvalue weighted by Crippen LogP contribution is -1.98. The van der Waals surface area contributed by atoms with Crippen molar-refractivity contribution in [3.05, 3.63) is 52.1 Å². The van der Waals surface area contributed by atoms with Gasteiger partial charge in [-0.15, -0.1) is 0 Å². The van der Waals surface area contributed by atoms with Crippen LogP contribution in [0.4, 0.5) is 5.13 Å². The Morgan fingerprint density at radius 1 is 1.29 bits per heavy atom. The molecule has 0 spiro atoms. The summed E-state index contributed by atoms with van der Waals surface area (Å²) < 4.78 is 0. The van der Waals surface area contributed by atoms with Crippen LogP contribution >= 0.6 is 22.9 Å². The molecule has 0 saturated carbocycles. The van der Waals surface area contributed by atoms with E-state index >= 15 is 0 Å². The molecule has 2 N–H and O–H groups in total. The van der Waals surface area contributed by atoms with Gasteiger partial charge < -0.3 is 5.32 Å². The average Bonchev–Trinajstić information content (AvgIpc) is 3.15. The summed E-state index contributed by atoms with van der Waals surface area (Å²) in [6.45, 7) is 0.623. The molecule has 3 rings (SSSR count). The molecule has 0 amide bonds. The summed E-state index contributed by atoms with van der Waals surface area (Å²) in [5, 5.41) is 19.8. The van der Waals surface area contributed by atoms with Crippen LogP contribution in [-0.4, -0.2) is 15.2 Å². The number of nitrogens with zero attached hydrogens (tertiary/aromatic N) is 3. The third-order valence-corrected chi connectivity index (χ3v) is 4.20. The first-order chi connectivity index (χ1) is 10.3. The van der Waals surface area contributed by atoms with Gasteiger partial charge in [0.1, 0.15) is 10.9 Å². The van der Waals surface area contributed by atoms with Crippen molar-refractivity contribution in [1.29, 1.82) is 5.26 Å². The number of halogens is 1. The number of benzene rings is 1. The number of hydrogen-bond acceptors (Lipinski definition) is 5. The zero-order valence-electron chi connectivity index (χ0n) is 10.8. The molecular formula is C14H10ClN5S. The van der Waals surface area contributed by atoms with E-state index in [-0.39, 0.29) is 5.15 Å². The van der Waals surface area contributed by atoms with E-state index in [4.69, 9.17) is 16.9 Å². The minimum absolute atomic E-state index is 0.250. The minimum Gasteiger partial charge on any atom is -0.357 e. The van der Waals surface area contributed by atoms with Crippen LogP contribution in [0.1, 0.15) is 10.4 Å². The number of aromatic nitrogens is 3. The number of hydrogen-bond donors (Lipinski definition) is 2. The Balaban J connectivity index is 1.67. The monoisotopic (exact) mass is 315 g/mol. The van der Waals surface area contributed by atoms with E-state index in [9.17, 15) is 0 Å². The molecule has 0 aliphatic carbocycles. The zero-order valence-corrected chi connectivity index (χ0v) is 12.4. The molecule has 0 aliphatic rings. The van der Waals surface area contributed by atoms with Crippen LogP contribution in [0.5, 0.6) is 0 Å². The Labute approximate surface area is 130 Å². The number of aromatic amines is 1. The Kier molecular flexibility index (Phi) is 3.86. The fourth-order valence-corrected chi connectivity index (χ4v) is 2.79. The molecule has 0 aliphatic heterocycles. The molecule has 104 valence electrons.